The number of imidazole rings is 1. The highest BCUT2D eigenvalue weighted by molar-refractivity contribution is 4.99. The summed E-state index contributed by atoms with van der Waals surface area (Å²) in [5.74, 6) is 1.09. The van der Waals surface area contributed by atoms with Crippen molar-refractivity contribution < 1.29 is 4.74 Å². The lowest BCUT2D eigenvalue weighted by Crippen LogP contribution is -2.29. The fraction of sp³-hybridized carbons (Fsp3) is 0.769. The summed E-state index contributed by atoms with van der Waals surface area (Å²) in [6.07, 6.45) is 6.17. The van der Waals surface area contributed by atoms with Gasteiger partial charge in [0.25, 0.3) is 0 Å². The summed E-state index contributed by atoms with van der Waals surface area (Å²) in [6.45, 7) is 9.83. The molecule has 1 heterocycles. The van der Waals surface area contributed by atoms with E-state index in [1.54, 1.807) is 0 Å². The van der Waals surface area contributed by atoms with Gasteiger partial charge in [-0.25, -0.2) is 4.98 Å². The summed E-state index contributed by atoms with van der Waals surface area (Å²) in [4.78, 5) is 4.46. The van der Waals surface area contributed by atoms with E-state index in [-0.39, 0.29) is 6.04 Å². The van der Waals surface area contributed by atoms with Crippen molar-refractivity contribution >= 4 is 0 Å². The second-order valence-corrected chi connectivity index (χ2v) is 4.15. The second kappa shape index (κ2) is 8.25. The Morgan fingerprint density at radius 2 is 2.18 bits per heavy atom. The number of hydrogen-bond donors (Lipinski definition) is 1. The molecule has 0 aliphatic rings. The second-order valence-electron chi connectivity index (χ2n) is 4.15. The Bertz CT molecular complexity index is 291. The molecule has 0 saturated carbocycles. The molecule has 0 fully saturated rings. The number of nitrogens with zero attached hydrogens (tertiary/aromatic N) is 2. The Morgan fingerprint density at radius 3 is 2.82 bits per heavy atom. The minimum Gasteiger partial charge on any atom is -0.380 e. The lowest BCUT2D eigenvalue weighted by atomic mass is 10.2. The third-order valence-corrected chi connectivity index (χ3v) is 2.65. The molecule has 0 amide bonds. The molecule has 1 atom stereocenters. The van der Waals surface area contributed by atoms with Gasteiger partial charge in [0.2, 0.25) is 0 Å². The van der Waals surface area contributed by atoms with Gasteiger partial charge < -0.3 is 14.6 Å². The number of aromatic nitrogens is 2. The minimum atomic E-state index is 0.205. The van der Waals surface area contributed by atoms with Crippen LogP contribution in [0.4, 0.5) is 0 Å². The zero-order valence-corrected chi connectivity index (χ0v) is 11.3. The predicted octanol–water partition coefficient (Wildman–Crippen LogP) is 2.37. The highest BCUT2D eigenvalue weighted by Gasteiger charge is 2.15. The van der Waals surface area contributed by atoms with Gasteiger partial charge in [0.1, 0.15) is 5.82 Å². The normalized spacial score (nSPS) is 12.9. The van der Waals surface area contributed by atoms with Gasteiger partial charge in [0.05, 0.1) is 12.6 Å². The average Bonchev–Trinajstić information content (AvgIpc) is 2.78. The molecule has 0 aliphatic carbocycles. The fourth-order valence-electron chi connectivity index (χ4n) is 1.84. The topological polar surface area (TPSA) is 39.1 Å². The lowest BCUT2D eigenvalue weighted by molar-refractivity contribution is 0.119. The van der Waals surface area contributed by atoms with Gasteiger partial charge in [-0.15, -0.1) is 0 Å². The summed E-state index contributed by atoms with van der Waals surface area (Å²) in [7, 11) is 0. The van der Waals surface area contributed by atoms with Gasteiger partial charge in [-0.3, -0.25) is 0 Å². The zero-order chi connectivity index (χ0) is 12.5. The van der Waals surface area contributed by atoms with E-state index in [0.29, 0.717) is 6.61 Å². The van der Waals surface area contributed by atoms with Gasteiger partial charge in [0.15, 0.2) is 0 Å². The standard InChI is InChI=1S/C13H25N3O/c1-4-7-14-12(11-17-6-3)13-15-8-10-16(13)9-5-2/h8,10,12,14H,4-7,9,11H2,1-3H3. The van der Waals surface area contributed by atoms with E-state index in [1.807, 2.05) is 19.3 Å². The van der Waals surface area contributed by atoms with Crippen LogP contribution in [0.1, 0.15) is 45.5 Å². The summed E-state index contributed by atoms with van der Waals surface area (Å²) >= 11 is 0. The molecule has 1 rings (SSSR count). The quantitative estimate of drug-likeness (QED) is 0.719. The van der Waals surface area contributed by atoms with E-state index >= 15 is 0 Å². The molecule has 1 aromatic rings. The third-order valence-electron chi connectivity index (χ3n) is 2.65. The van der Waals surface area contributed by atoms with Crippen LogP contribution in [0.15, 0.2) is 12.4 Å². The maximum Gasteiger partial charge on any atom is 0.128 e. The summed E-state index contributed by atoms with van der Waals surface area (Å²) < 4.78 is 7.75. The van der Waals surface area contributed by atoms with Crippen molar-refractivity contribution in [3.8, 4) is 0 Å². The van der Waals surface area contributed by atoms with Crippen LogP contribution in [0, 0.1) is 0 Å². The van der Waals surface area contributed by atoms with Crippen LogP contribution in [0.5, 0.6) is 0 Å². The van der Waals surface area contributed by atoms with Crippen LogP contribution in [0.3, 0.4) is 0 Å². The molecule has 4 heteroatoms. The first-order valence-electron chi connectivity index (χ1n) is 6.65. The van der Waals surface area contributed by atoms with Crippen molar-refractivity contribution in [1.29, 1.82) is 0 Å². The molecule has 0 aromatic carbocycles. The van der Waals surface area contributed by atoms with E-state index in [2.05, 4.69) is 28.7 Å². The molecule has 1 aromatic heterocycles. The van der Waals surface area contributed by atoms with Gasteiger partial charge in [0, 0.05) is 25.5 Å². The molecule has 17 heavy (non-hydrogen) atoms. The molecule has 0 aliphatic heterocycles. The molecule has 1 N–H and O–H groups in total. The van der Waals surface area contributed by atoms with Gasteiger partial charge in [-0.2, -0.15) is 0 Å². The van der Waals surface area contributed by atoms with E-state index in [1.165, 1.54) is 0 Å². The first-order chi connectivity index (χ1) is 8.33. The van der Waals surface area contributed by atoms with Crippen LogP contribution >= 0.6 is 0 Å². The van der Waals surface area contributed by atoms with Crippen molar-refractivity contribution in [1.82, 2.24) is 14.9 Å². The largest absolute Gasteiger partial charge is 0.380 e. The molecule has 0 saturated heterocycles. The van der Waals surface area contributed by atoms with E-state index in [4.69, 9.17) is 4.74 Å². The van der Waals surface area contributed by atoms with Gasteiger partial charge in [-0.1, -0.05) is 13.8 Å². The van der Waals surface area contributed by atoms with Gasteiger partial charge in [-0.05, 0) is 26.3 Å². The minimum absolute atomic E-state index is 0.205. The van der Waals surface area contributed by atoms with Crippen molar-refractivity contribution in [2.24, 2.45) is 0 Å². The molecule has 98 valence electrons. The van der Waals surface area contributed by atoms with Crippen LogP contribution < -0.4 is 5.32 Å². The maximum atomic E-state index is 5.53. The molecular formula is C13H25N3O. The van der Waals surface area contributed by atoms with Crippen molar-refractivity contribution in [3.63, 3.8) is 0 Å². The Kier molecular flexibility index (Phi) is 6.89. The number of aryl methyl sites for hydroxylation is 1. The lowest BCUT2D eigenvalue weighted by Gasteiger charge is -2.19. The summed E-state index contributed by atoms with van der Waals surface area (Å²) in [5.41, 5.74) is 0. The first-order valence-corrected chi connectivity index (χ1v) is 6.65. The Morgan fingerprint density at radius 1 is 1.35 bits per heavy atom. The molecule has 1 unspecified atom stereocenters. The third kappa shape index (κ3) is 4.48. The highest BCUT2D eigenvalue weighted by atomic mass is 16.5. The van der Waals surface area contributed by atoms with E-state index in [0.717, 1.165) is 38.4 Å². The number of hydrogen-bond acceptors (Lipinski definition) is 3. The molecule has 0 radical (unpaired) electrons. The predicted molar refractivity (Wildman–Crippen MR) is 70.0 cm³/mol. The monoisotopic (exact) mass is 239 g/mol. The highest BCUT2D eigenvalue weighted by Crippen LogP contribution is 2.12. The van der Waals surface area contributed by atoms with Crippen LogP contribution in [0.25, 0.3) is 0 Å². The van der Waals surface area contributed by atoms with Crippen molar-refractivity contribution in [3.05, 3.63) is 18.2 Å². The Labute approximate surface area is 104 Å². The zero-order valence-electron chi connectivity index (χ0n) is 11.3. The molecule has 0 bridgehead atoms. The van der Waals surface area contributed by atoms with Crippen molar-refractivity contribution in [2.45, 2.75) is 46.2 Å². The van der Waals surface area contributed by atoms with Crippen LogP contribution in [-0.4, -0.2) is 29.3 Å². The Balaban J connectivity index is 2.68. The summed E-state index contributed by atoms with van der Waals surface area (Å²) in [6, 6.07) is 0.205. The maximum absolute atomic E-state index is 5.53. The SMILES string of the molecule is CCCNC(COCC)c1nccn1CCC. The number of rotatable bonds is 9. The van der Waals surface area contributed by atoms with E-state index in [9.17, 15) is 0 Å². The number of ether oxygens (including phenoxy) is 1. The van der Waals surface area contributed by atoms with Crippen LogP contribution in [-0.2, 0) is 11.3 Å². The Hall–Kier alpha value is -0.870. The van der Waals surface area contributed by atoms with Crippen molar-refractivity contribution in [2.75, 3.05) is 19.8 Å². The molecular weight excluding hydrogens is 214 g/mol. The van der Waals surface area contributed by atoms with E-state index < -0.39 is 0 Å². The first kappa shape index (κ1) is 14.2. The smallest absolute Gasteiger partial charge is 0.128 e. The molecule has 0 spiro atoms. The van der Waals surface area contributed by atoms with Crippen LogP contribution in [0.2, 0.25) is 0 Å². The average molecular weight is 239 g/mol. The number of nitrogens with one attached hydrogen (secondary N) is 1. The summed E-state index contributed by atoms with van der Waals surface area (Å²) in [5, 5.41) is 3.50. The van der Waals surface area contributed by atoms with Gasteiger partial charge >= 0.3 is 0 Å². The molecule has 4 nitrogen and oxygen atoms in total. The fourth-order valence-corrected chi connectivity index (χ4v) is 1.84.